The van der Waals surface area contributed by atoms with Gasteiger partial charge in [0, 0.05) is 24.7 Å². The summed E-state index contributed by atoms with van der Waals surface area (Å²) in [7, 11) is -2.17. The van der Waals surface area contributed by atoms with Crippen molar-refractivity contribution >= 4 is 45.8 Å². The molecule has 0 radical (unpaired) electrons. The summed E-state index contributed by atoms with van der Waals surface area (Å²) in [5.41, 5.74) is -1.73. The highest BCUT2D eigenvalue weighted by atomic mass is 35.5. The second-order valence-corrected chi connectivity index (χ2v) is 10.1. The predicted octanol–water partition coefficient (Wildman–Crippen LogP) is 4.77. The summed E-state index contributed by atoms with van der Waals surface area (Å²) in [6.45, 7) is 4.23. The van der Waals surface area contributed by atoms with Crippen molar-refractivity contribution in [3.8, 4) is 0 Å². The van der Waals surface area contributed by atoms with Crippen LogP contribution in [-0.4, -0.2) is 44.3 Å². The molecule has 12 heteroatoms. The Labute approximate surface area is 195 Å². The van der Waals surface area contributed by atoms with Crippen LogP contribution in [0.4, 0.5) is 18.9 Å². The number of hydrogen-bond donors (Lipinski definition) is 2. The van der Waals surface area contributed by atoms with Crippen LogP contribution in [0, 0.1) is 5.41 Å². The summed E-state index contributed by atoms with van der Waals surface area (Å²) >= 11 is 11.6. The number of aliphatic hydroxyl groups is 1. The third-order valence-corrected chi connectivity index (χ3v) is 6.80. The number of nitrogens with zero attached hydrogens (tertiary/aromatic N) is 2. The molecule has 2 N–H and O–H groups in total. The van der Waals surface area contributed by atoms with Crippen molar-refractivity contribution in [2.75, 3.05) is 17.8 Å². The first-order valence-corrected chi connectivity index (χ1v) is 11.4. The van der Waals surface area contributed by atoms with Crippen LogP contribution in [0.5, 0.6) is 0 Å². The first-order chi connectivity index (χ1) is 14.8. The van der Waals surface area contributed by atoms with Gasteiger partial charge in [-0.25, -0.2) is 9.19 Å². The normalized spacial score (nSPS) is 19.5. The van der Waals surface area contributed by atoms with Crippen LogP contribution in [0.1, 0.15) is 36.3 Å². The number of rotatable bonds is 4. The van der Waals surface area contributed by atoms with E-state index in [0.29, 0.717) is 19.0 Å². The van der Waals surface area contributed by atoms with E-state index in [2.05, 4.69) is 9.71 Å². The molecule has 2 heterocycles. The van der Waals surface area contributed by atoms with Crippen molar-refractivity contribution in [2.24, 2.45) is 5.41 Å². The van der Waals surface area contributed by atoms with Crippen molar-refractivity contribution < 1.29 is 27.3 Å². The number of halogens is 5. The van der Waals surface area contributed by atoms with Crippen LogP contribution in [0.15, 0.2) is 35.4 Å². The molecule has 2 aromatic rings. The van der Waals surface area contributed by atoms with E-state index < -0.39 is 45.2 Å². The number of hydrogen-bond acceptors (Lipinski definition) is 4. The second kappa shape index (κ2) is 9.17. The number of nitrogens with one attached hydrogen (secondary N) is 1. The molecule has 174 valence electrons. The van der Waals surface area contributed by atoms with Crippen molar-refractivity contribution in [1.82, 2.24) is 9.88 Å². The van der Waals surface area contributed by atoms with Crippen LogP contribution in [0.25, 0.3) is 0 Å². The molecule has 6 nitrogen and oxygen atoms in total. The Morgan fingerprint density at radius 3 is 2.62 bits per heavy atom. The molecule has 1 amide bonds. The average Bonchev–Trinajstić information content (AvgIpc) is 2.69. The van der Waals surface area contributed by atoms with Gasteiger partial charge in [-0.05, 0) is 30.7 Å². The van der Waals surface area contributed by atoms with Crippen molar-refractivity contribution in [2.45, 2.75) is 37.4 Å². The maximum atomic E-state index is 13.1. The van der Waals surface area contributed by atoms with E-state index in [1.54, 1.807) is 0 Å². The molecule has 32 heavy (non-hydrogen) atoms. The lowest BCUT2D eigenvalue weighted by Crippen LogP contribution is -2.50. The number of alkyl halides is 3. The molecule has 2 unspecified atom stereocenters. The third-order valence-electron chi connectivity index (χ3n) is 5.18. The molecule has 0 saturated carbocycles. The molecule has 1 aliphatic heterocycles. The summed E-state index contributed by atoms with van der Waals surface area (Å²) in [4.78, 5) is 18.5. The van der Waals surface area contributed by atoms with Gasteiger partial charge in [-0.3, -0.25) is 9.52 Å². The highest BCUT2D eigenvalue weighted by Crippen LogP contribution is 2.36. The van der Waals surface area contributed by atoms with Gasteiger partial charge in [0.15, 0.2) is 5.69 Å². The van der Waals surface area contributed by atoms with Gasteiger partial charge in [0.05, 0.1) is 32.3 Å². The summed E-state index contributed by atoms with van der Waals surface area (Å²) in [5.74, 6) is -0.478. The minimum Gasteiger partial charge on any atom is -0.392 e. The molecule has 0 aliphatic carbocycles. The monoisotopic (exact) mass is 509 g/mol. The Bertz CT molecular complexity index is 1070. The lowest BCUT2D eigenvalue weighted by Gasteiger charge is -2.41. The van der Waals surface area contributed by atoms with Crippen molar-refractivity contribution in [3.63, 3.8) is 0 Å². The van der Waals surface area contributed by atoms with Gasteiger partial charge < -0.3 is 10.0 Å². The van der Waals surface area contributed by atoms with Crippen molar-refractivity contribution in [1.29, 1.82) is 0 Å². The van der Waals surface area contributed by atoms with E-state index in [1.165, 1.54) is 23.2 Å². The maximum absolute atomic E-state index is 13.1. The number of likely N-dealkylation sites (tertiary alicyclic amines) is 1. The molecule has 1 aromatic carbocycles. The topological polar surface area (TPSA) is 82.5 Å². The fourth-order valence-corrected chi connectivity index (χ4v) is 4.62. The van der Waals surface area contributed by atoms with E-state index in [0.717, 1.165) is 6.07 Å². The van der Waals surface area contributed by atoms with Crippen LogP contribution >= 0.6 is 23.2 Å². The molecule has 1 aliphatic rings. The number of amides is 1. The van der Waals surface area contributed by atoms with E-state index in [4.69, 9.17) is 23.2 Å². The van der Waals surface area contributed by atoms with E-state index >= 15 is 0 Å². The summed E-state index contributed by atoms with van der Waals surface area (Å²) in [6, 6.07) is 4.20. The van der Waals surface area contributed by atoms with Gasteiger partial charge in [-0.2, -0.15) is 13.2 Å². The minimum atomic E-state index is -4.72. The van der Waals surface area contributed by atoms with Crippen LogP contribution in [0.2, 0.25) is 10.0 Å². The summed E-state index contributed by atoms with van der Waals surface area (Å²) in [6.07, 6.45) is -3.66. The van der Waals surface area contributed by atoms with Gasteiger partial charge >= 0.3 is 6.18 Å². The summed E-state index contributed by atoms with van der Waals surface area (Å²) in [5, 5.41) is 9.75. The fourth-order valence-electron chi connectivity index (χ4n) is 3.35. The van der Waals surface area contributed by atoms with Crippen LogP contribution in [-0.2, 0) is 17.2 Å². The van der Waals surface area contributed by atoms with E-state index in [1.807, 2.05) is 13.8 Å². The van der Waals surface area contributed by atoms with Gasteiger partial charge in [0.2, 0.25) is 0 Å². The van der Waals surface area contributed by atoms with Crippen LogP contribution in [0.3, 0.4) is 0 Å². The first kappa shape index (κ1) is 24.8. The van der Waals surface area contributed by atoms with Gasteiger partial charge in [-0.1, -0.05) is 37.0 Å². The fraction of sp³-hybridized carbons (Fsp3) is 0.400. The standard InChI is InChI=1S/C20H20Cl2F3N3O3S/c1-19(2)10-28(6-5-16(19)29)18(30)17-15(7-11(21)9-26-17)27-32(31)12-3-4-14(22)13(8-12)20(23,24)25/h3-4,7-9,16,27,29H,5-6,10H2,1-2H3. The number of carbonyl (C=O) groups is 1. The highest BCUT2D eigenvalue weighted by Gasteiger charge is 2.38. The Kier molecular flexibility index (Phi) is 7.09. The Morgan fingerprint density at radius 1 is 1.31 bits per heavy atom. The van der Waals surface area contributed by atoms with Crippen molar-refractivity contribution in [3.05, 3.63) is 51.8 Å². The third kappa shape index (κ3) is 5.36. The quantitative estimate of drug-likeness (QED) is 0.621. The molecule has 0 bridgehead atoms. The predicted molar refractivity (Wildman–Crippen MR) is 116 cm³/mol. The molecule has 1 aromatic heterocycles. The van der Waals surface area contributed by atoms with E-state index in [9.17, 15) is 27.3 Å². The smallest absolute Gasteiger partial charge is 0.392 e. The zero-order valence-corrected chi connectivity index (χ0v) is 19.4. The Morgan fingerprint density at radius 2 is 2.00 bits per heavy atom. The van der Waals surface area contributed by atoms with Gasteiger partial charge in [-0.15, -0.1) is 0 Å². The minimum absolute atomic E-state index is 0.00766. The lowest BCUT2D eigenvalue weighted by molar-refractivity contribution is -0.137. The second-order valence-electron chi connectivity index (χ2n) is 8.08. The first-order valence-electron chi connectivity index (χ1n) is 9.47. The molecular formula is C20H20Cl2F3N3O3S. The number of aromatic nitrogens is 1. The number of anilines is 1. The molecule has 2 atom stereocenters. The van der Waals surface area contributed by atoms with Crippen LogP contribution < -0.4 is 4.72 Å². The molecule has 1 saturated heterocycles. The number of piperidine rings is 1. The Hall–Kier alpha value is -1.88. The van der Waals surface area contributed by atoms with Gasteiger partial charge in [0.25, 0.3) is 5.91 Å². The summed E-state index contributed by atoms with van der Waals surface area (Å²) < 4.78 is 54.7. The zero-order chi connectivity index (χ0) is 23.8. The molecule has 1 fully saturated rings. The lowest BCUT2D eigenvalue weighted by atomic mass is 9.81. The Balaban J connectivity index is 1.89. The zero-order valence-electron chi connectivity index (χ0n) is 17.0. The average molecular weight is 510 g/mol. The number of benzene rings is 1. The number of aliphatic hydroxyl groups excluding tert-OH is 1. The largest absolute Gasteiger partial charge is 0.417 e. The molecule has 0 spiro atoms. The molecular weight excluding hydrogens is 490 g/mol. The SMILES string of the molecule is CC1(C)CN(C(=O)c2ncc(Cl)cc2NS(=O)c2ccc(Cl)c(C(F)(F)F)c2)CCC1O. The number of pyridine rings is 1. The number of carbonyl (C=O) groups excluding carboxylic acids is 1. The van der Waals surface area contributed by atoms with E-state index in [-0.39, 0.29) is 27.8 Å². The maximum Gasteiger partial charge on any atom is 0.417 e. The molecule has 3 rings (SSSR count). The highest BCUT2D eigenvalue weighted by molar-refractivity contribution is 7.86. The van der Waals surface area contributed by atoms with Gasteiger partial charge in [0.1, 0.15) is 11.0 Å².